The summed E-state index contributed by atoms with van der Waals surface area (Å²) < 4.78 is 32.4. The summed E-state index contributed by atoms with van der Waals surface area (Å²) in [6, 6.07) is 1.73. The molecular weight excluding hydrogens is 328 g/mol. The highest BCUT2D eigenvalue weighted by Crippen LogP contribution is 2.30. The molecule has 0 aromatic carbocycles. The molecule has 0 saturated carbocycles. The van der Waals surface area contributed by atoms with Crippen molar-refractivity contribution in [3.05, 3.63) is 15.9 Å². The largest absolute Gasteiger partial charge is 0.374 e. The third-order valence-electron chi connectivity index (χ3n) is 2.52. The standard InChI is InChI=1S/C9H13BrN2O3S2/c10-8-1-4-16-9(8)17(13,14)12-2-3-15-7(5-11)6-12/h1,4,7H,2-3,5-6,11H2. The number of rotatable bonds is 3. The molecule has 1 aromatic heterocycles. The summed E-state index contributed by atoms with van der Waals surface area (Å²) in [5.74, 6) is 0. The van der Waals surface area contributed by atoms with E-state index in [1.54, 1.807) is 11.4 Å². The Labute approximate surface area is 113 Å². The molecule has 1 atom stereocenters. The van der Waals surface area contributed by atoms with Gasteiger partial charge in [0.1, 0.15) is 4.21 Å². The summed E-state index contributed by atoms with van der Waals surface area (Å²) in [5, 5.41) is 1.75. The number of sulfonamides is 1. The molecule has 1 aliphatic heterocycles. The van der Waals surface area contributed by atoms with Gasteiger partial charge < -0.3 is 10.5 Å². The molecule has 1 aromatic rings. The van der Waals surface area contributed by atoms with Crippen LogP contribution in [0.4, 0.5) is 0 Å². The Hall–Kier alpha value is 0.01000. The van der Waals surface area contributed by atoms with Crippen LogP contribution < -0.4 is 5.73 Å². The van der Waals surface area contributed by atoms with Gasteiger partial charge in [-0.1, -0.05) is 0 Å². The van der Waals surface area contributed by atoms with E-state index >= 15 is 0 Å². The zero-order chi connectivity index (χ0) is 12.5. The van der Waals surface area contributed by atoms with Crippen molar-refractivity contribution in [2.24, 2.45) is 5.73 Å². The first kappa shape index (κ1) is 13.4. The molecule has 1 unspecified atom stereocenters. The molecule has 2 rings (SSSR count). The van der Waals surface area contributed by atoms with E-state index in [1.807, 2.05) is 0 Å². The predicted molar refractivity (Wildman–Crippen MR) is 69.6 cm³/mol. The van der Waals surface area contributed by atoms with Gasteiger partial charge in [-0.25, -0.2) is 8.42 Å². The molecule has 17 heavy (non-hydrogen) atoms. The molecule has 5 nitrogen and oxygen atoms in total. The van der Waals surface area contributed by atoms with Crippen LogP contribution in [0, 0.1) is 0 Å². The Bertz CT molecular complexity index is 488. The highest BCUT2D eigenvalue weighted by Gasteiger charge is 2.32. The van der Waals surface area contributed by atoms with Gasteiger partial charge in [0.15, 0.2) is 0 Å². The number of hydrogen-bond donors (Lipinski definition) is 1. The van der Waals surface area contributed by atoms with Crippen molar-refractivity contribution in [1.82, 2.24) is 4.31 Å². The van der Waals surface area contributed by atoms with Crippen LogP contribution in [0.2, 0.25) is 0 Å². The van der Waals surface area contributed by atoms with E-state index < -0.39 is 10.0 Å². The third-order valence-corrected chi connectivity index (χ3v) is 7.04. The highest BCUT2D eigenvalue weighted by atomic mass is 79.9. The molecule has 2 heterocycles. The topological polar surface area (TPSA) is 72.6 Å². The Balaban J connectivity index is 2.24. The van der Waals surface area contributed by atoms with Gasteiger partial charge in [0.25, 0.3) is 10.0 Å². The molecule has 0 aliphatic carbocycles. The van der Waals surface area contributed by atoms with E-state index in [2.05, 4.69) is 15.9 Å². The smallest absolute Gasteiger partial charge is 0.253 e. The SMILES string of the molecule is NCC1CN(S(=O)(=O)c2sccc2Br)CCO1. The lowest BCUT2D eigenvalue weighted by Gasteiger charge is -2.31. The van der Waals surface area contributed by atoms with Crippen LogP contribution in [0.5, 0.6) is 0 Å². The molecule has 0 amide bonds. The van der Waals surface area contributed by atoms with E-state index in [1.165, 1.54) is 15.6 Å². The van der Waals surface area contributed by atoms with Gasteiger partial charge in [-0.3, -0.25) is 0 Å². The van der Waals surface area contributed by atoms with Gasteiger partial charge in [0, 0.05) is 24.1 Å². The van der Waals surface area contributed by atoms with E-state index in [0.29, 0.717) is 34.9 Å². The summed E-state index contributed by atoms with van der Waals surface area (Å²) in [4.78, 5) is 0. The van der Waals surface area contributed by atoms with Crippen molar-refractivity contribution < 1.29 is 13.2 Å². The molecule has 0 radical (unpaired) electrons. The van der Waals surface area contributed by atoms with Crippen molar-refractivity contribution in [3.63, 3.8) is 0 Å². The first-order valence-corrected chi connectivity index (χ1v) is 8.22. The highest BCUT2D eigenvalue weighted by molar-refractivity contribution is 9.10. The molecule has 8 heteroatoms. The Kier molecular flexibility index (Phi) is 4.22. The molecule has 1 aliphatic rings. The summed E-state index contributed by atoms with van der Waals surface area (Å²) in [6.45, 7) is 1.42. The molecule has 96 valence electrons. The summed E-state index contributed by atoms with van der Waals surface area (Å²) in [6.07, 6.45) is -0.211. The number of ether oxygens (including phenoxy) is 1. The summed E-state index contributed by atoms with van der Waals surface area (Å²) >= 11 is 4.46. The predicted octanol–water partition coefficient (Wildman–Crippen LogP) is 0.859. The van der Waals surface area contributed by atoms with Crippen LogP contribution in [0.3, 0.4) is 0 Å². The molecule has 1 saturated heterocycles. The minimum atomic E-state index is -3.42. The van der Waals surface area contributed by atoms with Gasteiger partial charge in [-0.2, -0.15) is 4.31 Å². The zero-order valence-electron chi connectivity index (χ0n) is 9.00. The average molecular weight is 341 g/mol. The fourth-order valence-corrected chi connectivity index (χ4v) is 5.54. The quantitative estimate of drug-likeness (QED) is 0.885. The maximum Gasteiger partial charge on any atom is 0.253 e. The minimum Gasteiger partial charge on any atom is -0.374 e. The summed E-state index contributed by atoms with van der Waals surface area (Å²) in [7, 11) is -3.42. The normalized spacial score (nSPS) is 22.8. The second kappa shape index (κ2) is 5.33. The van der Waals surface area contributed by atoms with Crippen molar-refractivity contribution in [1.29, 1.82) is 0 Å². The Morgan fingerprint density at radius 3 is 3.00 bits per heavy atom. The first-order chi connectivity index (χ1) is 8.05. The van der Waals surface area contributed by atoms with Crippen molar-refractivity contribution in [2.45, 2.75) is 10.3 Å². The molecule has 2 N–H and O–H groups in total. The maximum atomic E-state index is 12.3. The fraction of sp³-hybridized carbons (Fsp3) is 0.556. The maximum absolute atomic E-state index is 12.3. The average Bonchev–Trinajstić information content (AvgIpc) is 2.76. The number of nitrogens with two attached hydrogens (primary N) is 1. The van der Waals surface area contributed by atoms with Gasteiger partial charge >= 0.3 is 0 Å². The minimum absolute atomic E-state index is 0.211. The number of nitrogens with zero attached hydrogens (tertiary/aromatic N) is 1. The number of morpholine rings is 1. The monoisotopic (exact) mass is 340 g/mol. The van der Waals surface area contributed by atoms with Gasteiger partial charge in [-0.05, 0) is 27.4 Å². The van der Waals surface area contributed by atoms with Crippen LogP contribution in [-0.2, 0) is 14.8 Å². The lowest BCUT2D eigenvalue weighted by molar-refractivity contribution is 0.00455. The van der Waals surface area contributed by atoms with Gasteiger partial charge in [0.05, 0.1) is 12.7 Å². The van der Waals surface area contributed by atoms with E-state index in [0.717, 1.165) is 0 Å². The van der Waals surface area contributed by atoms with E-state index in [4.69, 9.17) is 10.5 Å². The van der Waals surface area contributed by atoms with Crippen LogP contribution in [0.15, 0.2) is 20.1 Å². The van der Waals surface area contributed by atoms with Gasteiger partial charge in [-0.15, -0.1) is 11.3 Å². The molecule has 0 spiro atoms. The first-order valence-electron chi connectivity index (χ1n) is 5.10. The Morgan fingerprint density at radius 1 is 1.65 bits per heavy atom. The number of thiophene rings is 1. The Morgan fingerprint density at radius 2 is 2.41 bits per heavy atom. The molecule has 1 fully saturated rings. The second-order valence-corrected chi connectivity index (χ2v) is 7.55. The van der Waals surface area contributed by atoms with E-state index in [-0.39, 0.29) is 6.10 Å². The van der Waals surface area contributed by atoms with Crippen LogP contribution in [0.1, 0.15) is 0 Å². The van der Waals surface area contributed by atoms with E-state index in [9.17, 15) is 8.42 Å². The van der Waals surface area contributed by atoms with Crippen molar-refractivity contribution >= 4 is 37.3 Å². The lowest BCUT2D eigenvalue weighted by Crippen LogP contribution is -2.47. The zero-order valence-corrected chi connectivity index (χ0v) is 12.2. The second-order valence-electron chi connectivity index (χ2n) is 3.65. The molecular formula is C9H13BrN2O3S2. The van der Waals surface area contributed by atoms with Crippen molar-refractivity contribution in [2.75, 3.05) is 26.2 Å². The molecule has 0 bridgehead atoms. The summed E-state index contributed by atoms with van der Waals surface area (Å²) in [5.41, 5.74) is 5.50. The number of halogens is 1. The van der Waals surface area contributed by atoms with Crippen LogP contribution in [0.25, 0.3) is 0 Å². The lowest BCUT2D eigenvalue weighted by atomic mass is 10.3. The van der Waals surface area contributed by atoms with Crippen molar-refractivity contribution in [3.8, 4) is 0 Å². The van der Waals surface area contributed by atoms with Gasteiger partial charge in [0.2, 0.25) is 0 Å². The van der Waals surface area contributed by atoms with Crippen LogP contribution >= 0.6 is 27.3 Å². The third kappa shape index (κ3) is 2.72. The fourth-order valence-electron chi connectivity index (χ4n) is 1.63. The van der Waals surface area contributed by atoms with Crippen LogP contribution in [-0.4, -0.2) is 45.1 Å². The number of hydrogen-bond acceptors (Lipinski definition) is 5.